The highest BCUT2D eigenvalue weighted by molar-refractivity contribution is 5.90. The van der Waals surface area contributed by atoms with Gasteiger partial charge in [-0.25, -0.2) is 14.4 Å². The van der Waals surface area contributed by atoms with Crippen molar-refractivity contribution in [3.63, 3.8) is 0 Å². The van der Waals surface area contributed by atoms with E-state index in [1.165, 1.54) is 10.5 Å². The third-order valence-electron chi connectivity index (χ3n) is 7.96. The standard InChI is InChI=1S/C29H41N3O7/c1-28(2,3)23-24(33)32-15-20(13-22(32)25(34)35)39-27(37)31-14-19-11-8-10-18(21(19)16-31)9-6-7-12-29(4,5)17-38-26(36)30-23/h8,10-11,20,22-23H,6-7,9,12-17H2,1-5H3,(H,30,36)(H,34,35)/t20?,22-,23+/m0/s1. The van der Waals surface area contributed by atoms with Gasteiger partial charge in [-0.2, -0.15) is 0 Å². The van der Waals surface area contributed by atoms with Crippen LogP contribution in [0.15, 0.2) is 18.2 Å². The lowest BCUT2D eigenvalue weighted by Crippen LogP contribution is -2.57. The van der Waals surface area contributed by atoms with Crippen LogP contribution in [-0.4, -0.2) is 70.3 Å². The van der Waals surface area contributed by atoms with Crippen molar-refractivity contribution in [1.29, 1.82) is 0 Å². The van der Waals surface area contributed by atoms with Crippen molar-refractivity contribution in [2.75, 3.05) is 13.2 Å². The Kier molecular flexibility index (Phi) is 8.14. The number of carboxylic acid groups (broad SMARTS) is 1. The molecule has 4 rings (SSSR count). The van der Waals surface area contributed by atoms with E-state index < -0.39 is 47.7 Å². The lowest BCUT2D eigenvalue weighted by atomic mass is 9.85. The number of rotatable bonds is 1. The molecule has 3 aliphatic rings. The van der Waals surface area contributed by atoms with Crippen LogP contribution in [0.2, 0.25) is 0 Å². The number of aliphatic carboxylic acids is 1. The van der Waals surface area contributed by atoms with E-state index in [1.807, 2.05) is 26.0 Å². The second-order valence-electron chi connectivity index (χ2n) is 12.9. The Labute approximate surface area is 230 Å². The molecule has 2 N–H and O–H groups in total. The van der Waals surface area contributed by atoms with E-state index in [0.29, 0.717) is 13.1 Å². The molecule has 1 unspecified atom stereocenters. The molecular formula is C29H41N3O7. The van der Waals surface area contributed by atoms with Crippen molar-refractivity contribution in [3.8, 4) is 0 Å². The molecule has 1 aromatic carbocycles. The lowest BCUT2D eigenvalue weighted by molar-refractivity contribution is -0.150. The number of nitrogens with one attached hydrogen (secondary N) is 1. The fourth-order valence-electron chi connectivity index (χ4n) is 5.66. The zero-order chi connectivity index (χ0) is 28.5. The molecule has 1 saturated heterocycles. The number of hydrogen-bond donors (Lipinski definition) is 2. The van der Waals surface area contributed by atoms with Crippen LogP contribution in [0.5, 0.6) is 0 Å². The van der Waals surface area contributed by atoms with E-state index in [1.54, 1.807) is 25.7 Å². The maximum absolute atomic E-state index is 13.7. The van der Waals surface area contributed by atoms with Crippen LogP contribution in [0.4, 0.5) is 9.59 Å². The summed E-state index contributed by atoms with van der Waals surface area (Å²) in [5.41, 5.74) is 2.47. The molecule has 0 spiro atoms. The number of carbonyl (C=O) groups is 4. The first-order valence-electron chi connectivity index (χ1n) is 13.8. The Morgan fingerprint density at radius 3 is 2.51 bits per heavy atom. The van der Waals surface area contributed by atoms with Crippen LogP contribution in [0.3, 0.4) is 0 Å². The zero-order valence-corrected chi connectivity index (χ0v) is 23.6. The highest BCUT2D eigenvalue weighted by Crippen LogP contribution is 2.32. The van der Waals surface area contributed by atoms with Crippen molar-refractivity contribution < 1.29 is 33.8 Å². The largest absolute Gasteiger partial charge is 0.480 e. The van der Waals surface area contributed by atoms with E-state index in [4.69, 9.17) is 9.47 Å². The average Bonchev–Trinajstić information content (AvgIpc) is 3.47. The normalized spacial score (nSPS) is 26.5. The van der Waals surface area contributed by atoms with Gasteiger partial charge in [-0.3, -0.25) is 9.69 Å². The summed E-state index contributed by atoms with van der Waals surface area (Å²) in [7, 11) is 0. The first kappa shape index (κ1) is 28.7. The summed E-state index contributed by atoms with van der Waals surface area (Å²) >= 11 is 0. The minimum atomic E-state index is -1.18. The molecule has 1 aromatic rings. The van der Waals surface area contributed by atoms with Gasteiger partial charge in [0.1, 0.15) is 18.2 Å². The number of carbonyl (C=O) groups excluding carboxylic acids is 3. The predicted molar refractivity (Wildman–Crippen MR) is 143 cm³/mol. The van der Waals surface area contributed by atoms with Crippen molar-refractivity contribution >= 4 is 24.1 Å². The minimum absolute atomic E-state index is 0.0195. The van der Waals surface area contributed by atoms with Gasteiger partial charge in [0.05, 0.1) is 13.2 Å². The number of fused-ring (bicyclic) bond motifs is 3. The second-order valence-corrected chi connectivity index (χ2v) is 12.9. The monoisotopic (exact) mass is 543 g/mol. The number of benzene rings is 1. The molecule has 0 radical (unpaired) electrons. The molecule has 214 valence electrons. The Balaban J connectivity index is 1.61. The van der Waals surface area contributed by atoms with E-state index in [-0.39, 0.29) is 25.0 Å². The lowest BCUT2D eigenvalue weighted by Gasteiger charge is -2.34. The molecule has 4 bridgehead atoms. The molecular weight excluding hydrogens is 502 g/mol. The van der Waals surface area contributed by atoms with Gasteiger partial charge >= 0.3 is 18.2 Å². The summed E-state index contributed by atoms with van der Waals surface area (Å²) in [6.45, 7) is 10.5. The van der Waals surface area contributed by atoms with Crippen LogP contribution in [-0.2, 0) is 38.6 Å². The Morgan fingerprint density at radius 2 is 1.82 bits per heavy atom. The third kappa shape index (κ3) is 6.65. The highest BCUT2D eigenvalue weighted by atomic mass is 16.6. The number of hydrogen-bond acceptors (Lipinski definition) is 6. The summed E-state index contributed by atoms with van der Waals surface area (Å²) in [6.07, 6.45) is 1.61. The first-order chi connectivity index (χ1) is 18.2. The summed E-state index contributed by atoms with van der Waals surface area (Å²) in [5, 5.41) is 12.6. The molecule has 3 aliphatic heterocycles. The van der Waals surface area contributed by atoms with Gasteiger partial charge in [-0.15, -0.1) is 0 Å². The number of carboxylic acids is 1. The fourth-order valence-corrected chi connectivity index (χ4v) is 5.66. The van der Waals surface area contributed by atoms with Gasteiger partial charge < -0.3 is 24.8 Å². The summed E-state index contributed by atoms with van der Waals surface area (Å²) in [5.74, 6) is -1.73. The molecule has 39 heavy (non-hydrogen) atoms. The predicted octanol–water partition coefficient (Wildman–Crippen LogP) is 4.09. The van der Waals surface area contributed by atoms with Crippen molar-refractivity contribution in [1.82, 2.24) is 15.1 Å². The fraction of sp³-hybridized carbons (Fsp3) is 0.655. The SMILES string of the molecule is CC1(C)CCCCc2cccc3c2CN(C3)C(=O)OC2C[C@@H](C(=O)O)N(C2)C(=O)[C@H](C(C)(C)C)NC(=O)OC1. The number of nitrogens with zero attached hydrogens (tertiary/aromatic N) is 2. The van der Waals surface area contributed by atoms with Gasteiger partial charge in [0.25, 0.3) is 0 Å². The van der Waals surface area contributed by atoms with E-state index in [2.05, 4.69) is 11.4 Å². The zero-order valence-electron chi connectivity index (χ0n) is 23.6. The molecule has 3 amide bonds. The molecule has 1 fully saturated rings. The van der Waals surface area contributed by atoms with Crippen LogP contribution >= 0.6 is 0 Å². The molecule has 10 nitrogen and oxygen atoms in total. The molecule has 0 saturated carbocycles. The number of cyclic esters (lactones) is 1. The highest BCUT2D eigenvalue weighted by Gasteiger charge is 2.46. The second kappa shape index (κ2) is 11.1. The Bertz CT molecular complexity index is 1130. The Morgan fingerprint density at radius 1 is 1.10 bits per heavy atom. The topological polar surface area (TPSA) is 125 Å². The van der Waals surface area contributed by atoms with Gasteiger partial charge in [0.2, 0.25) is 5.91 Å². The molecule has 10 heteroatoms. The molecule has 0 aromatic heterocycles. The number of alkyl carbamates (subject to hydrolysis) is 1. The average molecular weight is 544 g/mol. The number of amides is 3. The minimum Gasteiger partial charge on any atom is -0.480 e. The smallest absolute Gasteiger partial charge is 0.410 e. The maximum Gasteiger partial charge on any atom is 0.410 e. The van der Waals surface area contributed by atoms with Gasteiger partial charge in [-0.05, 0) is 46.8 Å². The van der Waals surface area contributed by atoms with E-state index in [0.717, 1.165) is 36.8 Å². The van der Waals surface area contributed by atoms with Gasteiger partial charge in [0.15, 0.2) is 0 Å². The molecule has 3 atom stereocenters. The van der Waals surface area contributed by atoms with Gasteiger partial charge in [-0.1, -0.05) is 59.2 Å². The third-order valence-corrected chi connectivity index (χ3v) is 7.96. The summed E-state index contributed by atoms with van der Waals surface area (Å²) in [6, 6.07) is 3.94. The summed E-state index contributed by atoms with van der Waals surface area (Å²) in [4.78, 5) is 54.5. The van der Waals surface area contributed by atoms with Gasteiger partial charge in [0, 0.05) is 19.5 Å². The van der Waals surface area contributed by atoms with Crippen LogP contribution < -0.4 is 5.32 Å². The Hall–Kier alpha value is -3.30. The van der Waals surface area contributed by atoms with Crippen LogP contribution in [0, 0.1) is 10.8 Å². The number of aryl methyl sites for hydroxylation is 1. The van der Waals surface area contributed by atoms with Crippen molar-refractivity contribution in [3.05, 3.63) is 34.9 Å². The van der Waals surface area contributed by atoms with Crippen LogP contribution in [0.25, 0.3) is 0 Å². The van der Waals surface area contributed by atoms with E-state index in [9.17, 15) is 24.3 Å². The van der Waals surface area contributed by atoms with E-state index >= 15 is 0 Å². The molecule has 0 aliphatic carbocycles. The maximum atomic E-state index is 13.7. The quantitative estimate of drug-likeness (QED) is 0.547. The summed E-state index contributed by atoms with van der Waals surface area (Å²) < 4.78 is 11.3. The van der Waals surface area contributed by atoms with Crippen molar-refractivity contribution in [2.45, 2.75) is 98.0 Å². The first-order valence-corrected chi connectivity index (χ1v) is 13.8. The molecule has 3 heterocycles. The van der Waals surface area contributed by atoms with Crippen LogP contribution in [0.1, 0.15) is 77.0 Å². The number of ether oxygens (including phenoxy) is 2. The van der Waals surface area contributed by atoms with Crippen molar-refractivity contribution in [2.24, 2.45) is 10.8 Å².